The molecule has 0 aliphatic rings. The number of hydrogen-bond acceptors (Lipinski definition) is 4. The van der Waals surface area contributed by atoms with Crippen LogP contribution in [0.3, 0.4) is 0 Å². The average molecular weight is 350 g/mol. The van der Waals surface area contributed by atoms with Gasteiger partial charge < -0.3 is 14.5 Å². The van der Waals surface area contributed by atoms with Gasteiger partial charge in [0.2, 0.25) is 5.76 Å². The lowest BCUT2D eigenvalue weighted by Gasteiger charge is -2.07. The van der Waals surface area contributed by atoms with E-state index in [-0.39, 0.29) is 18.3 Å². The Bertz CT molecular complexity index is 709. The number of furan rings is 1. The van der Waals surface area contributed by atoms with Crippen molar-refractivity contribution in [1.29, 1.82) is 0 Å². The van der Waals surface area contributed by atoms with E-state index in [4.69, 9.17) is 20.8 Å². The van der Waals surface area contributed by atoms with Gasteiger partial charge in [-0.25, -0.2) is 4.79 Å². The summed E-state index contributed by atoms with van der Waals surface area (Å²) < 4.78 is 10.4. The molecule has 1 amide bonds. The van der Waals surface area contributed by atoms with E-state index < -0.39 is 5.97 Å². The highest BCUT2D eigenvalue weighted by atomic mass is 35.5. The monoisotopic (exact) mass is 349 g/mol. The van der Waals surface area contributed by atoms with E-state index in [9.17, 15) is 9.59 Å². The summed E-state index contributed by atoms with van der Waals surface area (Å²) in [5.41, 5.74) is 0.685. The van der Waals surface area contributed by atoms with Crippen molar-refractivity contribution < 1.29 is 18.7 Å². The van der Waals surface area contributed by atoms with Crippen molar-refractivity contribution in [2.75, 3.05) is 13.2 Å². The molecule has 0 fully saturated rings. The van der Waals surface area contributed by atoms with Crippen LogP contribution in [0.1, 0.15) is 30.8 Å². The molecule has 128 valence electrons. The SMILES string of the molecule is CC(C)CCNC(=O)COC(=O)c1ccc(-c2ccccc2Cl)o1. The molecule has 2 aromatic rings. The van der Waals surface area contributed by atoms with E-state index in [0.29, 0.717) is 28.8 Å². The molecule has 0 radical (unpaired) electrons. The highest BCUT2D eigenvalue weighted by Crippen LogP contribution is 2.29. The van der Waals surface area contributed by atoms with E-state index in [2.05, 4.69) is 19.2 Å². The summed E-state index contributed by atoms with van der Waals surface area (Å²) >= 11 is 6.09. The highest BCUT2D eigenvalue weighted by molar-refractivity contribution is 6.33. The topological polar surface area (TPSA) is 68.5 Å². The number of rotatable bonds is 7. The van der Waals surface area contributed by atoms with Crippen LogP contribution in [0.2, 0.25) is 5.02 Å². The van der Waals surface area contributed by atoms with Gasteiger partial charge in [-0.05, 0) is 36.6 Å². The van der Waals surface area contributed by atoms with Crippen LogP contribution < -0.4 is 5.32 Å². The van der Waals surface area contributed by atoms with E-state index >= 15 is 0 Å². The normalized spacial score (nSPS) is 10.7. The number of carbonyl (C=O) groups is 2. The Morgan fingerprint density at radius 1 is 1.21 bits per heavy atom. The van der Waals surface area contributed by atoms with Crippen molar-refractivity contribution in [2.45, 2.75) is 20.3 Å². The second-order valence-corrected chi connectivity index (χ2v) is 6.16. The summed E-state index contributed by atoms with van der Waals surface area (Å²) in [6.45, 7) is 4.36. The second kappa shape index (κ2) is 8.55. The molecule has 0 unspecified atom stereocenters. The summed E-state index contributed by atoms with van der Waals surface area (Å²) in [7, 11) is 0. The van der Waals surface area contributed by atoms with Gasteiger partial charge in [0, 0.05) is 12.1 Å². The van der Waals surface area contributed by atoms with Gasteiger partial charge in [-0.1, -0.05) is 37.6 Å². The summed E-state index contributed by atoms with van der Waals surface area (Å²) in [5, 5.41) is 3.22. The van der Waals surface area contributed by atoms with Gasteiger partial charge in [0.05, 0.1) is 5.02 Å². The number of hydrogen-bond donors (Lipinski definition) is 1. The molecule has 0 saturated carbocycles. The standard InChI is InChI=1S/C18H20ClNO4/c1-12(2)9-10-20-17(21)11-23-18(22)16-8-7-15(24-16)13-5-3-4-6-14(13)19/h3-8,12H,9-11H2,1-2H3,(H,20,21). The number of ether oxygens (including phenoxy) is 1. The first-order valence-corrected chi connectivity index (χ1v) is 8.13. The molecule has 1 heterocycles. The van der Waals surface area contributed by atoms with Gasteiger partial charge in [-0.2, -0.15) is 0 Å². The van der Waals surface area contributed by atoms with Crippen LogP contribution >= 0.6 is 11.6 Å². The quantitative estimate of drug-likeness (QED) is 0.769. The molecular weight excluding hydrogens is 330 g/mol. The van der Waals surface area contributed by atoms with Crippen molar-refractivity contribution in [1.82, 2.24) is 5.32 Å². The largest absolute Gasteiger partial charge is 0.450 e. The molecule has 0 atom stereocenters. The molecular formula is C18H20ClNO4. The summed E-state index contributed by atoms with van der Waals surface area (Å²) in [6, 6.07) is 10.3. The lowest BCUT2D eigenvalue weighted by molar-refractivity contribution is -0.124. The Morgan fingerprint density at radius 3 is 2.67 bits per heavy atom. The zero-order valence-corrected chi connectivity index (χ0v) is 14.4. The maximum Gasteiger partial charge on any atom is 0.374 e. The van der Waals surface area contributed by atoms with Crippen LogP contribution in [-0.2, 0) is 9.53 Å². The van der Waals surface area contributed by atoms with Gasteiger partial charge >= 0.3 is 5.97 Å². The predicted octanol–water partition coefficient (Wildman–Crippen LogP) is 3.92. The Kier molecular flexibility index (Phi) is 6.44. The van der Waals surface area contributed by atoms with Crippen LogP contribution in [-0.4, -0.2) is 25.0 Å². The first kappa shape index (κ1) is 18.1. The van der Waals surface area contributed by atoms with E-state index in [1.165, 1.54) is 6.07 Å². The van der Waals surface area contributed by atoms with Crippen molar-refractivity contribution in [2.24, 2.45) is 5.92 Å². The lowest BCUT2D eigenvalue weighted by atomic mass is 10.1. The minimum absolute atomic E-state index is 0.0277. The molecule has 6 heteroatoms. The van der Waals surface area contributed by atoms with Crippen LogP contribution in [0.15, 0.2) is 40.8 Å². The fourth-order valence-electron chi connectivity index (χ4n) is 2.01. The van der Waals surface area contributed by atoms with Crippen molar-refractivity contribution in [3.05, 3.63) is 47.2 Å². The molecule has 24 heavy (non-hydrogen) atoms. The molecule has 1 N–H and O–H groups in total. The molecule has 0 spiro atoms. The zero-order chi connectivity index (χ0) is 17.5. The van der Waals surface area contributed by atoms with Crippen molar-refractivity contribution in [3.8, 4) is 11.3 Å². The molecule has 0 aliphatic carbocycles. The third-order valence-electron chi connectivity index (χ3n) is 3.32. The number of halogens is 1. The number of benzene rings is 1. The van der Waals surface area contributed by atoms with Crippen molar-refractivity contribution >= 4 is 23.5 Å². The van der Waals surface area contributed by atoms with Crippen LogP contribution in [0.25, 0.3) is 11.3 Å². The first-order chi connectivity index (χ1) is 11.5. The maximum absolute atomic E-state index is 11.9. The zero-order valence-electron chi connectivity index (χ0n) is 13.7. The third kappa shape index (κ3) is 5.13. The van der Waals surface area contributed by atoms with E-state index in [0.717, 1.165) is 6.42 Å². The predicted molar refractivity (Wildman–Crippen MR) is 91.9 cm³/mol. The molecule has 5 nitrogen and oxygen atoms in total. The van der Waals surface area contributed by atoms with Gasteiger partial charge in [-0.15, -0.1) is 0 Å². The van der Waals surface area contributed by atoms with E-state index in [1.807, 2.05) is 12.1 Å². The third-order valence-corrected chi connectivity index (χ3v) is 3.65. The molecule has 0 bridgehead atoms. The second-order valence-electron chi connectivity index (χ2n) is 5.75. The first-order valence-electron chi connectivity index (χ1n) is 7.76. The Labute approximate surface area is 145 Å². The number of nitrogens with one attached hydrogen (secondary N) is 1. The minimum atomic E-state index is -0.688. The molecule has 2 rings (SSSR count). The van der Waals surface area contributed by atoms with Gasteiger partial charge in [0.25, 0.3) is 5.91 Å². The van der Waals surface area contributed by atoms with Gasteiger partial charge in [0.1, 0.15) is 5.76 Å². The lowest BCUT2D eigenvalue weighted by Crippen LogP contribution is -2.30. The Balaban J connectivity index is 1.88. The average Bonchev–Trinajstić information content (AvgIpc) is 3.02. The van der Waals surface area contributed by atoms with Gasteiger partial charge in [0.15, 0.2) is 6.61 Å². The van der Waals surface area contributed by atoms with E-state index in [1.54, 1.807) is 18.2 Å². The van der Waals surface area contributed by atoms with Crippen molar-refractivity contribution in [3.63, 3.8) is 0 Å². The summed E-state index contributed by atoms with van der Waals surface area (Å²) in [4.78, 5) is 23.5. The molecule has 0 saturated heterocycles. The summed E-state index contributed by atoms with van der Waals surface area (Å²) in [6.07, 6.45) is 0.874. The minimum Gasteiger partial charge on any atom is -0.450 e. The molecule has 1 aromatic carbocycles. The Morgan fingerprint density at radius 2 is 1.96 bits per heavy atom. The fraction of sp³-hybridized carbons (Fsp3) is 0.333. The number of esters is 1. The van der Waals surface area contributed by atoms with Crippen LogP contribution in [0, 0.1) is 5.92 Å². The van der Waals surface area contributed by atoms with Crippen LogP contribution in [0.5, 0.6) is 0 Å². The molecule has 1 aromatic heterocycles. The smallest absolute Gasteiger partial charge is 0.374 e. The highest BCUT2D eigenvalue weighted by Gasteiger charge is 2.16. The fourth-order valence-corrected chi connectivity index (χ4v) is 2.24. The summed E-state index contributed by atoms with van der Waals surface area (Å²) in [5.74, 6) is -0.0257. The van der Waals surface area contributed by atoms with Crippen LogP contribution in [0.4, 0.5) is 0 Å². The number of carbonyl (C=O) groups excluding carboxylic acids is 2. The Hall–Kier alpha value is -2.27. The maximum atomic E-state index is 11.9. The number of amides is 1. The van der Waals surface area contributed by atoms with Gasteiger partial charge in [-0.3, -0.25) is 4.79 Å². The molecule has 0 aliphatic heterocycles.